The minimum absolute atomic E-state index is 0.0953. The highest BCUT2D eigenvalue weighted by Gasteiger charge is 2.17. The highest BCUT2D eigenvalue weighted by Crippen LogP contribution is 2.24. The number of rotatable bonds is 3. The molecule has 1 N–H and O–H groups in total. The third kappa shape index (κ3) is 2.96. The fraction of sp³-hybridized carbons (Fsp3) is 0.462. The number of aliphatic hydroxyl groups is 1. The van der Waals surface area contributed by atoms with Gasteiger partial charge < -0.3 is 9.67 Å². The monoisotopic (exact) mass is 250 g/mol. The Balaban J connectivity index is 2.11. The minimum Gasteiger partial charge on any atom is -0.392 e. The van der Waals surface area contributed by atoms with Crippen LogP contribution in [0.4, 0.5) is 0 Å². The van der Waals surface area contributed by atoms with E-state index < -0.39 is 0 Å². The summed E-state index contributed by atoms with van der Waals surface area (Å²) in [6.45, 7) is 7.39. The molecule has 17 heavy (non-hydrogen) atoms. The Morgan fingerprint density at radius 2 is 2.18 bits per heavy atom. The van der Waals surface area contributed by atoms with Crippen LogP contribution in [-0.4, -0.2) is 14.7 Å². The van der Waals surface area contributed by atoms with Crippen LogP contribution in [0.1, 0.15) is 37.0 Å². The molecule has 0 unspecified atom stereocenters. The van der Waals surface area contributed by atoms with Gasteiger partial charge in [-0.25, -0.2) is 4.98 Å². The van der Waals surface area contributed by atoms with E-state index in [4.69, 9.17) is 5.11 Å². The third-order valence-corrected chi connectivity index (χ3v) is 3.47. The number of aromatic nitrogens is 2. The smallest absolute Gasteiger partial charge is 0.113 e. The predicted molar refractivity (Wildman–Crippen MR) is 70.3 cm³/mol. The fourth-order valence-electron chi connectivity index (χ4n) is 1.57. The summed E-state index contributed by atoms with van der Waals surface area (Å²) in [5.74, 6) is 0. The van der Waals surface area contributed by atoms with Gasteiger partial charge in [0.15, 0.2) is 0 Å². The van der Waals surface area contributed by atoms with Crippen molar-refractivity contribution in [1.29, 1.82) is 0 Å². The second kappa shape index (κ2) is 4.63. The van der Waals surface area contributed by atoms with Crippen LogP contribution < -0.4 is 0 Å². The summed E-state index contributed by atoms with van der Waals surface area (Å²) in [6, 6.07) is 1.93. The molecule has 3 nitrogen and oxygen atoms in total. The molecule has 0 bridgehead atoms. The Labute approximate surface area is 106 Å². The lowest BCUT2D eigenvalue weighted by atomic mass is 9.93. The fourth-order valence-corrected chi connectivity index (χ4v) is 2.60. The molecular weight excluding hydrogens is 232 g/mol. The molecule has 0 fully saturated rings. The Kier molecular flexibility index (Phi) is 3.35. The topological polar surface area (TPSA) is 38.0 Å². The van der Waals surface area contributed by atoms with Gasteiger partial charge in [0.2, 0.25) is 0 Å². The van der Waals surface area contributed by atoms with Crippen LogP contribution in [0.15, 0.2) is 23.8 Å². The number of hydrogen-bond acceptors (Lipinski definition) is 3. The van der Waals surface area contributed by atoms with Gasteiger partial charge in [-0.05, 0) is 11.6 Å². The summed E-state index contributed by atoms with van der Waals surface area (Å²) in [5, 5.41) is 12.2. The first-order valence-electron chi connectivity index (χ1n) is 5.69. The number of aliphatic hydroxyl groups excluding tert-OH is 1. The molecule has 0 aliphatic carbocycles. The second-order valence-electron chi connectivity index (χ2n) is 5.23. The molecule has 0 atom stereocenters. The molecule has 0 aromatic carbocycles. The van der Waals surface area contributed by atoms with Gasteiger partial charge >= 0.3 is 0 Å². The van der Waals surface area contributed by atoms with Crippen molar-refractivity contribution in [1.82, 2.24) is 9.55 Å². The van der Waals surface area contributed by atoms with Gasteiger partial charge in [0.25, 0.3) is 0 Å². The average Bonchev–Trinajstić information content (AvgIpc) is 2.86. The zero-order chi connectivity index (χ0) is 12.5. The summed E-state index contributed by atoms with van der Waals surface area (Å²) in [7, 11) is 0. The van der Waals surface area contributed by atoms with Crippen molar-refractivity contribution < 1.29 is 5.11 Å². The van der Waals surface area contributed by atoms with Gasteiger partial charge in [0.05, 0.1) is 18.8 Å². The van der Waals surface area contributed by atoms with E-state index in [2.05, 4.69) is 35.7 Å². The highest BCUT2D eigenvalue weighted by atomic mass is 32.1. The second-order valence-corrected chi connectivity index (χ2v) is 6.17. The molecule has 0 aliphatic rings. The van der Waals surface area contributed by atoms with Crippen LogP contribution >= 0.6 is 11.3 Å². The van der Waals surface area contributed by atoms with Crippen LogP contribution in [-0.2, 0) is 18.6 Å². The lowest BCUT2D eigenvalue weighted by Crippen LogP contribution is -2.11. The van der Waals surface area contributed by atoms with Gasteiger partial charge in [-0.3, -0.25) is 0 Å². The molecule has 0 aliphatic heterocycles. The van der Waals surface area contributed by atoms with Gasteiger partial charge in [0, 0.05) is 23.2 Å². The van der Waals surface area contributed by atoms with E-state index in [9.17, 15) is 0 Å². The van der Waals surface area contributed by atoms with Gasteiger partial charge in [-0.1, -0.05) is 20.8 Å². The largest absolute Gasteiger partial charge is 0.392 e. The van der Waals surface area contributed by atoms with Crippen molar-refractivity contribution in [2.45, 2.75) is 39.3 Å². The van der Waals surface area contributed by atoms with Gasteiger partial charge in [-0.15, -0.1) is 11.3 Å². The van der Waals surface area contributed by atoms with E-state index in [-0.39, 0.29) is 12.0 Å². The first-order valence-corrected chi connectivity index (χ1v) is 6.57. The first-order chi connectivity index (χ1) is 7.99. The molecular formula is C13H18N2OS. The average molecular weight is 250 g/mol. The molecule has 0 amide bonds. The van der Waals surface area contributed by atoms with E-state index in [1.54, 1.807) is 11.3 Å². The van der Waals surface area contributed by atoms with Gasteiger partial charge in [-0.2, -0.15) is 0 Å². The van der Waals surface area contributed by atoms with Crippen molar-refractivity contribution in [2.75, 3.05) is 0 Å². The third-order valence-electron chi connectivity index (χ3n) is 2.63. The van der Waals surface area contributed by atoms with Crippen LogP contribution in [0.25, 0.3) is 0 Å². The molecule has 92 valence electrons. The molecule has 2 aromatic heterocycles. The number of nitrogens with zero attached hydrogens (tertiary/aromatic N) is 2. The van der Waals surface area contributed by atoms with E-state index in [1.165, 1.54) is 0 Å². The molecule has 0 radical (unpaired) electrons. The SMILES string of the molecule is CC(C)(C)c1csc(Cn2ccc(CO)c2)n1. The van der Waals surface area contributed by atoms with Crippen LogP contribution in [0, 0.1) is 0 Å². The van der Waals surface area contributed by atoms with Crippen molar-refractivity contribution >= 4 is 11.3 Å². The normalized spacial score (nSPS) is 12.0. The summed E-state index contributed by atoms with van der Waals surface area (Å²) < 4.78 is 2.05. The van der Waals surface area contributed by atoms with Crippen LogP contribution in [0.5, 0.6) is 0 Å². The number of thiazole rings is 1. The number of hydrogen-bond donors (Lipinski definition) is 1. The lowest BCUT2D eigenvalue weighted by molar-refractivity contribution is 0.282. The quantitative estimate of drug-likeness (QED) is 0.909. The van der Waals surface area contributed by atoms with Crippen LogP contribution in [0.2, 0.25) is 0 Å². The molecule has 0 saturated carbocycles. The molecule has 0 spiro atoms. The predicted octanol–water partition coefficient (Wildman–Crippen LogP) is 2.78. The standard InChI is InChI=1S/C13H18N2OS/c1-13(2,3)11-9-17-12(14-11)7-15-5-4-10(6-15)8-16/h4-6,9,16H,7-8H2,1-3H3. The Bertz CT molecular complexity index is 493. The Morgan fingerprint density at radius 3 is 2.71 bits per heavy atom. The molecule has 4 heteroatoms. The molecule has 2 rings (SSSR count). The molecule has 2 aromatic rings. The molecule has 2 heterocycles. The maximum atomic E-state index is 9.00. The minimum atomic E-state index is 0.0953. The zero-order valence-corrected chi connectivity index (χ0v) is 11.3. The molecule has 0 saturated heterocycles. The van der Waals surface area contributed by atoms with E-state index >= 15 is 0 Å². The van der Waals surface area contributed by atoms with Crippen molar-refractivity contribution in [3.05, 3.63) is 40.1 Å². The maximum absolute atomic E-state index is 9.00. The zero-order valence-electron chi connectivity index (χ0n) is 10.5. The summed E-state index contributed by atoms with van der Waals surface area (Å²) in [5.41, 5.74) is 2.20. The Hall–Kier alpha value is -1.13. The summed E-state index contributed by atoms with van der Waals surface area (Å²) in [6.07, 6.45) is 3.93. The lowest BCUT2D eigenvalue weighted by Gasteiger charge is -2.14. The summed E-state index contributed by atoms with van der Waals surface area (Å²) in [4.78, 5) is 4.65. The van der Waals surface area contributed by atoms with Crippen LogP contribution in [0.3, 0.4) is 0 Å². The van der Waals surface area contributed by atoms with E-state index in [0.29, 0.717) is 0 Å². The van der Waals surface area contributed by atoms with Crippen molar-refractivity contribution in [2.24, 2.45) is 0 Å². The van der Waals surface area contributed by atoms with Gasteiger partial charge in [0.1, 0.15) is 5.01 Å². The Morgan fingerprint density at radius 1 is 1.41 bits per heavy atom. The summed E-state index contributed by atoms with van der Waals surface area (Å²) >= 11 is 1.69. The van der Waals surface area contributed by atoms with Crippen molar-refractivity contribution in [3.63, 3.8) is 0 Å². The van der Waals surface area contributed by atoms with Crippen molar-refractivity contribution in [3.8, 4) is 0 Å². The maximum Gasteiger partial charge on any atom is 0.113 e. The van der Waals surface area contributed by atoms with E-state index in [0.717, 1.165) is 22.8 Å². The van der Waals surface area contributed by atoms with E-state index in [1.807, 2.05) is 18.5 Å². The highest BCUT2D eigenvalue weighted by molar-refractivity contribution is 7.09. The first kappa shape index (κ1) is 12.3.